The predicted octanol–water partition coefficient (Wildman–Crippen LogP) is -0.208. The van der Waals surface area contributed by atoms with Gasteiger partial charge in [-0.1, -0.05) is 0 Å². The molecule has 1 amide bonds. The molecule has 1 aromatic rings. The van der Waals surface area contributed by atoms with Gasteiger partial charge in [0.15, 0.2) is 0 Å². The van der Waals surface area contributed by atoms with E-state index in [0.29, 0.717) is 11.3 Å². The van der Waals surface area contributed by atoms with Crippen molar-refractivity contribution in [1.29, 1.82) is 0 Å². The van der Waals surface area contributed by atoms with Gasteiger partial charge in [-0.3, -0.25) is 15.6 Å². The number of hydrazine groups is 1. The molecule has 0 saturated heterocycles. The Morgan fingerprint density at radius 1 is 1.53 bits per heavy atom. The number of carbonyl (C=O) groups excluding carboxylic acids is 1. The summed E-state index contributed by atoms with van der Waals surface area (Å²) >= 11 is 0. The Kier molecular flexibility index (Phi) is 4.84. The molecule has 8 heteroatoms. The van der Waals surface area contributed by atoms with Crippen LogP contribution in [0.15, 0.2) is 12.3 Å². The molecule has 1 rings (SSSR count). The Morgan fingerprint density at radius 2 is 2.16 bits per heavy atom. The van der Waals surface area contributed by atoms with E-state index in [1.165, 1.54) is 18.1 Å². The third-order valence-corrected chi connectivity index (χ3v) is 3.49. The van der Waals surface area contributed by atoms with Crippen LogP contribution in [0, 0.1) is 6.92 Å². The van der Waals surface area contributed by atoms with Gasteiger partial charge in [-0.05, 0) is 13.0 Å². The van der Waals surface area contributed by atoms with E-state index < -0.39 is 9.84 Å². The van der Waals surface area contributed by atoms with Gasteiger partial charge in [-0.15, -0.1) is 0 Å². The van der Waals surface area contributed by atoms with E-state index in [1.807, 2.05) is 0 Å². The number of sulfone groups is 1. The van der Waals surface area contributed by atoms with Crippen LogP contribution in [0.4, 0.5) is 5.69 Å². The molecule has 3 N–H and O–H groups in total. The molecule has 0 spiro atoms. The standard InChI is InChI=1S/C11H18N4O3S/c1-8-6-10(14-12)9(7-13-8)11(16)15(2)4-5-19(3,17)18/h6-7H,4-5,12H2,1-3H3,(H,13,14). The van der Waals surface area contributed by atoms with Gasteiger partial charge in [0.25, 0.3) is 5.91 Å². The number of nitrogens with zero attached hydrogens (tertiary/aromatic N) is 2. The van der Waals surface area contributed by atoms with Gasteiger partial charge >= 0.3 is 0 Å². The Balaban J connectivity index is 2.88. The largest absolute Gasteiger partial charge is 0.341 e. The van der Waals surface area contributed by atoms with Crippen LogP contribution < -0.4 is 11.3 Å². The summed E-state index contributed by atoms with van der Waals surface area (Å²) < 4.78 is 22.2. The van der Waals surface area contributed by atoms with Crippen LogP contribution >= 0.6 is 0 Å². The summed E-state index contributed by atoms with van der Waals surface area (Å²) in [6, 6.07) is 1.65. The molecule has 1 heterocycles. The van der Waals surface area contributed by atoms with Crippen LogP contribution in [0.1, 0.15) is 16.1 Å². The fourth-order valence-corrected chi connectivity index (χ4v) is 2.07. The number of aryl methyl sites for hydroxylation is 1. The number of anilines is 1. The first-order chi connectivity index (χ1) is 8.74. The fourth-order valence-electron chi connectivity index (χ4n) is 1.46. The number of carbonyl (C=O) groups is 1. The van der Waals surface area contributed by atoms with Gasteiger partial charge in [0.2, 0.25) is 0 Å². The molecule has 0 radical (unpaired) electrons. The van der Waals surface area contributed by atoms with Gasteiger partial charge < -0.3 is 10.3 Å². The molecule has 0 aliphatic heterocycles. The first-order valence-corrected chi connectivity index (χ1v) is 7.67. The third-order valence-electron chi connectivity index (χ3n) is 2.57. The van der Waals surface area contributed by atoms with E-state index in [9.17, 15) is 13.2 Å². The van der Waals surface area contributed by atoms with Crippen molar-refractivity contribution in [2.24, 2.45) is 5.84 Å². The lowest BCUT2D eigenvalue weighted by Crippen LogP contribution is -2.32. The van der Waals surface area contributed by atoms with Gasteiger partial charge in [0, 0.05) is 31.7 Å². The molecule has 106 valence electrons. The molecule has 0 bridgehead atoms. The third kappa shape index (κ3) is 4.49. The van der Waals surface area contributed by atoms with Crippen LogP contribution in [0.2, 0.25) is 0 Å². The molecule has 0 unspecified atom stereocenters. The molecular formula is C11H18N4O3S. The summed E-state index contributed by atoms with van der Waals surface area (Å²) in [5, 5.41) is 0. The summed E-state index contributed by atoms with van der Waals surface area (Å²) in [7, 11) is -1.57. The van der Waals surface area contributed by atoms with Crippen molar-refractivity contribution in [1.82, 2.24) is 9.88 Å². The average Bonchev–Trinajstić information content (AvgIpc) is 2.34. The smallest absolute Gasteiger partial charge is 0.257 e. The normalized spacial score (nSPS) is 11.2. The molecule has 1 aromatic heterocycles. The first kappa shape index (κ1) is 15.4. The number of pyridine rings is 1. The number of hydrogen-bond acceptors (Lipinski definition) is 6. The van der Waals surface area contributed by atoms with Crippen molar-refractivity contribution in [2.45, 2.75) is 6.92 Å². The highest BCUT2D eigenvalue weighted by atomic mass is 32.2. The zero-order valence-electron chi connectivity index (χ0n) is 11.2. The van der Waals surface area contributed by atoms with Gasteiger partial charge in [-0.2, -0.15) is 0 Å². The van der Waals surface area contributed by atoms with E-state index in [0.717, 1.165) is 11.9 Å². The molecule has 7 nitrogen and oxygen atoms in total. The van der Waals surface area contributed by atoms with Gasteiger partial charge in [0.1, 0.15) is 9.84 Å². The highest BCUT2D eigenvalue weighted by molar-refractivity contribution is 7.90. The monoisotopic (exact) mass is 286 g/mol. The minimum atomic E-state index is -3.11. The summed E-state index contributed by atoms with van der Waals surface area (Å²) in [5.41, 5.74) is 3.94. The minimum absolute atomic E-state index is 0.0834. The first-order valence-electron chi connectivity index (χ1n) is 5.61. The fraction of sp³-hybridized carbons (Fsp3) is 0.455. The van der Waals surface area contributed by atoms with Crippen molar-refractivity contribution in [2.75, 3.05) is 31.0 Å². The topological polar surface area (TPSA) is 105 Å². The Morgan fingerprint density at radius 3 is 2.68 bits per heavy atom. The Bertz CT molecular complexity index is 571. The second kappa shape index (κ2) is 5.98. The van der Waals surface area contributed by atoms with Crippen molar-refractivity contribution >= 4 is 21.4 Å². The number of hydrogen-bond donors (Lipinski definition) is 2. The van der Waals surface area contributed by atoms with Crippen molar-refractivity contribution < 1.29 is 13.2 Å². The van der Waals surface area contributed by atoms with Gasteiger partial charge in [0.05, 0.1) is 17.0 Å². The summed E-state index contributed by atoms with van der Waals surface area (Å²) in [6.07, 6.45) is 2.55. The number of nitrogen functional groups attached to an aromatic ring is 1. The van der Waals surface area contributed by atoms with Crippen molar-refractivity contribution in [3.8, 4) is 0 Å². The van der Waals surface area contributed by atoms with Crippen molar-refractivity contribution in [3.63, 3.8) is 0 Å². The number of amides is 1. The molecule has 19 heavy (non-hydrogen) atoms. The number of nitrogens with one attached hydrogen (secondary N) is 1. The molecular weight excluding hydrogens is 268 g/mol. The SMILES string of the molecule is Cc1cc(NN)c(C(=O)N(C)CCS(C)(=O)=O)cn1. The maximum atomic E-state index is 12.1. The lowest BCUT2D eigenvalue weighted by atomic mass is 10.2. The zero-order chi connectivity index (χ0) is 14.6. The van der Waals surface area contributed by atoms with E-state index in [4.69, 9.17) is 5.84 Å². The zero-order valence-corrected chi connectivity index (χ0v) is 12.0. The average molecular weight is 286 g/mol. The van der Waals surface area contributed by atoms with Crippen LogP contribution in [0.25, 0.3) is 0 Å². The maximum absolute atomic E-state index is 12.1. The number of aromatic nitrogens is 1. The van der Waals surface area contributed by atoms with E-state index in [1.54, 1.807) is 13.0 Å². The molecule has 0 aliphatic rings. The molecule has 0 aromatic carbocycles. The Labute approximate surface area is 112 Å². The lowest BCUT2D eigenvalue weighted by molar-refractivity contribution is 0.0804. The van der Waals surface area contributed by atoms with Crippen LogP contribution in [0.5, 0.6) is 0 Å². The quantitative estimate of drug-likeness (QED) is 0.573. The summed E-state index contributed by atoms with van der Waals surface area (Å²) in [6.45, 7) is 1.90. The maximum Gasteiger partial charge on any atom is 0.257 e. The highest BCUT2D eigenvalue weighted by Crippen LogP contribution is 2.16. The van der Waals surface area contributed by atoms with E-state index >= 15 is 0 Å². The van der Waals surface area contributed by atoms with Crippen LogP contribution in [-0.2, 0) is 9.84 Å². The van der Waals surface area contributed by atoms with Crippen LogP contribution in [-0.4, -0.2) is 49.8 Å². The predicted molar refractivity (Wildman–Crippen MR) is 73.5 cm³/mol. The highest BCUT2D eigenvalue weighted by Gasteiger charge is 2.17. The van der Waals surface area contributed by atoms with E-state index in [2.05, 4.69) is 10.4 Å². The Hall–Kier alpha value is -1.67. The van der Waals surface area contributed by atoms with Crippen LogP contribution in [0.3, 0.4) is 0 Å². The number of rotatable bonds is 5. The molecule has 0 saturated carbocycles. The molecule has 0 aliphatic carbocycles. The molecule has 0 fully saturated rings. The summed E-state index contributed by atoms with van der Waals surface area (Å²) in [5.74, 6) is 4.94. The lowest BCUT2D eigenvalue weighted by Gasteiger charge is -2.18. The minimum Gasteiger partial charge on any atom is -0.341 e. The van der Waals surface area contributed by atoms with E-state index in [-0.39, 0.29) is 18.2 Å². The van der Waals surface area contributed by atoms with Gasteiger partial charge in [-0.25, -0.2) is 8.42 Å². The van der Waals surface area contributed by atoms with Crippen molar-refractivity contribution in [3.05, 3.63) is 23.5 Å². The molecule has 0 atom stereocenters. The second-order valence-corrected chi connectivity index (χ2v) is 6.63. The number of nitrogens with two attached hydrogens (primary N) is 1. The second-order valence-electron chi connectivity index (χ2n) is 4.37. The summed E-state index contributed by atoms with van der Waals surface area (Å²) in [4.78, 5) is 17.5.